The summed E-state index contributed by atoms with van der Waals surface area (Å²) in [5.41, 5.74) is 0. The largest absolute Gasteiger partial charge is 0.379 e. The summed E-state index contributed by atoms with van der Waals surface area (Å²) in [5, 5.41) is -0.724. The Bertz CT molecular complexity index is 758. The zero-order valence-electron chi connectivity index (χ0n) is 14.3. The molecule has 0 N–H and O–H groups in total. The van der Waals surface area contributed by atoms with Gasteiger partial charge in [0.2, 0.25) is 5.08 Å². The molecule has 0 spiro atoms. The molecule has 0 saturated heterocycles. The van der Waals surface area contributed by atoms with Crippen molar-refractivity contribution in [3.05, 3.63) is 31.1 Å². The van der Waals surface area contributed by atoms with Crippen LogP contribution in [0, 0.1) is 0 Å². The number of alkyl halides is 1. The molecule has 0 bridgehead atoms. The quantitative estimate of drug-likeness (QED) is 0.417. The van der Waals surface area contributed by atoms with Crippen LogP contribution < -0.4 is 0 Å². The molecule has 25 heavy (non-hydrogen) atoms. The van der Waals surface area contributed by atoms with Crippen LogP contribution in [0.3, 0.4) is 0 Å². The lowest BCUT2D eigenvalue weighted by atomic mass is 9.94. The van der Waals surface area contributed by atoms with E-state index in [2.05, 4.69) is 20.9 Å². The zero-order valence-corrected chi connectivity index (χ0v) is 16.7. The topological polar surface area (TPSA) is 75.5 Å². The Hall–Kier alpha value is -1.23. The molecule has 1 aliphatic heterocycles. The average Bonchev–Trinajstić information content (AvgIpc) is 3.23. The lowest BCUT2D eigenvalue weighted by molar-refractivity contribution is -0.796. The smallest absolute Gasteiger partial charge is 0.258 e. The number of imidazole rings is 1. The normalized spacial score (nSPS) is 28.0. The molecule has 2 aliphatic rings. The molecule has 1 aromatic heterocycles. The third kappa shape index (κ3) is 2.84. The highest BCUT2D eigenvalue weighted by molar-refractivity contribution is 9.09. The molecular formula is C15H23BrN5O3S+. The van der Waals surface area contributed by atoms with Gasteiger partial charge in [-0.15, -0.1) is 3.89 Å². The van der Waals surface area contributed by atoms with Gasteiger partial charge in [-0.05, 0) is 12.8 Å². The van der Waals surface area contributed by atoms with E-state index < -0.39 is 15.3 Å². The predicted molar refractivity (Wildman–Crippen MR) is 96.5 cm³/mol. The zero-order chi connectivity index (χ0) is 18.2. The summed E-state index contributed by atoms with van der Waals surface area (Å²) in [6.45, 7) is 0. The first-order valence-corrected chi connectivity index (χ1v) is 10.6. The van der Waals surface area contributed by atoms with Crippen LogP contribution >= 0.6 is 15.9 Å². The van der Waals surface area contributed by atoms with Crippen molar-refractivity contribution in [2.75, 3.05) is 14.1 Å². The van der Waals surface area contributed by atoms with Gasteiger partial charge in [-0.2, -0.15) is 12.7 Å². The van der Waals surface area contributed by atoms with E-state index in [-0.39, 0.29) is 16.0 Å². The number of amides is 1. The fourth-order valence-corrected chi connectivity index (χ4v) is 6.71. The monoisotopic (exact) mass is 432 g/mol. The number of carbonyl (C=O) groups is 1. The molecule has 1 aliphatic carbocycles. The van der Waals surface area contributed by atoms with Crippen molar-refractivity contribution in [1.82, 2.24) is 18.8 Å². The van der Waals surface area contributed by atoms with Crippen molar-refractivity contribution in [2.24, 2.45) is 0 Å². The summed E-state index contributed by atoms with van der Waals surface area (Å²) in [5.74, 6) is 0. The molecule has 3 rings (SSSR count). The molecule has 0 radical (unpaired) electrons. The van der Waals surface area contributed by atoms with Gasteiger partial charge < -0.3 is 0 Å². The van der Waals surface area contributed by atoms with E-state index in [9.17, 15) is 13.2 Å². The molecule has 1 saturated carbocycles. The van der Waals surface area contributed by atoms with E-state index in [0.717, 1.165) is 32.1 Å². The molecular weight excluding hydrogens is 410 g/mol. The van der Waals surface area contributed by atoms with E-state index in [1.165, 1.54) is 40.4 Å². The van der Waals surface area contributed by atoms with Crippen LogP contribution in [0.25, 0.3) is 0 Å². The van der Waals surface area contributed by atoms with Crippen LogP contribution in [0.15, 0.2) is 31.1 Å². The van der Waals surface area contributed by atoms with Gasteiger partial charge in [0.05, 0.1) is 6.20 Å². The Morgan fingerprint density at radius 2 is 1.96 bits per heavy atom. The highest BCUT2D eigenvalue weighted by Gasteiger charge is 2.59. The van der Waals surface area contributed by atoms with E-state index in [1.807, 2.05) is 0 Å². The molecule has 10 heteroatoms. The van der Waals surface area contributed by atoms with Crippen molar-refractivity contribution in [2.45, 2.75) is 43.2 Å². The number of rotatable bonds is 3. The summed E-state index contributed by atoms with van der Waals surface area (Å²) in [6.07, 6.45) is 12.4. The Morgan fingerprint density at radius 3 is 2.52 bits per heavy atom. The molecule has 1 amide bonds. The SMILES string of the molecule is CN(C)S(=O)(=O)[N+]1(C2CCCCC2)C=CN(C(=O)n2ccnc2)C1Br. The predicted octanol–water partition coefficient (Wildman–Crippen LogP) is 2.27. The summed E-state index contributed by atoms with van der Waals surface area (Å²) < 4.78 is 28.8. The Labute approximate surface area is 156 Å². The van der Waals surface area contributed by atoms with Gasteiger partial charge in [0.1, 0.15) is 18.6 Å². The number of carbonyl (C=O) groups excluding carboxylic acids is 1. The highest BCUT2D eigenvalue weighted by atomic mass is 79.9. The lowest BCUT2D eigenvalue weighted by Gasteiger charge is -2.43. The van der Waals surface area contributed by atoms with Crippen molar-refractivity contribution < 1.29 is 17.1 Å². The summed E-state index contributed by atoms with van der Waals surface area (Å²) in [4.78, 5) is 18.0. The molecule has 1 fully saturated rings. The van der Waals surface area contributed by atoms with Gasteiger partial charge in [-0.3, -0.25) is 4.57 Å². The van der Waals surface area contributed by atoms with Gasteiger partial charge >= 0.3 is 16.2 Å². The van der Waals surface area contributed by atoms with Gasteiger partial charge in [0.25, 0.3) is 0 Å². The number of quaternary nitrogens is 1. The molecule has 2 atom stereocenters. The third-order valence-electron chi connectivity index (χ3n) is 4.98. The van der Waals surface area contributed by atoms with E-state index in [4.69, 9.17) is 0 Å². The summed E-state index contributed by atoms with van der Waals surface area (Å²) in [6, 6.07) is -0.442. The number of nitrogens with zero attached hydrogens (tertiary/aromatic N) is 5. The first kappa shape index (κ1) is 18.6. The minimum absolute atomic E-state index is 0.0950. The second-order valence-electron chi connectivity index (χ2n) is 6.58. The third-order valence-corrected chi connectivity index (χ3v) is 8.71. The van der Waals surface area contributed by atoms with Gasteiger partial charge in [-0.25, -0.2) is 14.7 Å². The van der Waals surface area contributed by atoms with Crippen LogP contribution in [-0.2, 0) is 10.2 Å². The Morgan fingerprint density at radius 1 is 1.28 bits per heavy atom. The average molecular weight is 433 g/mol. The fourth-order valence-electron chi connectivity index (χ4n) is 3.61. The highest BCUT2D eigenvalue weighted by Crippen LogP contribution is 2.43. The fraction of sp³-hybridized carbons (Fsp3) is 0.600. The first-order valence-electron chi connectivity index (χ1n) is 8.27. The van der Waals surface area contributed by atoms with Crippen LogP contribution in [-0.4, -0.2) is 62.3 Å². The summed E-state index contributed by atoms with van der Waals surface area (Å²) >= 11 is 3.53. The first-order chi connectivity index (χ1) is 11.8. The van der Waals surface area contributed by atoms with Crippen LogP contribution in [0.1, 0.15) is 32.1 Å². The number of aromatic nitrogens is 2. The van der Waals surface area contributed by atoms with E-state index >= 15 is 0 Å². The molecule has 138 valence electrons. The number of halogens is 1. The summed E-state index contributed by atoms with van der Waals surface area (Å²) in [7, 11) is -0.636. The van der Waals surface area contributed by atoms with Crippen molar-refractivity contribution in [1.29, 1.82) is 0 Å². The molecule has 2 heterocycles. The Kier molecular flexibility index (Phi) is 5.06. The molecule has 8 nitrogen and oxygen atoms in total. The van der Waals surface area contributed by atoms with Gasteiger partial charge in [0, 0.05) is 55.3 Å². The second kappa shape index (κ2) is 6.82. The van der Waals surface area contributed by atoms with Crippen LogP contribution in [0.4, 0.5) is 4.79 Å². The Balaban J connectivity index is 2.02. The van der Waals surface area contributed by atoms with Crippen molar-refractivity contribution in [3.63, 3.8) is 0 Å². The minimum atomic E-state index is -3.70. The minimum Gasteiger partial charge on any atom is -0.258 e. The molecule has 0 aromatic carbocycles. The van der Waals surface area contributed by atoms with Gasteiger partial charge in [0.15, 0.2) is 0 Å². The maximum Gasteiger partial charge on any atom is 0.379 e. The molecule has 1 aromatic rings. The standard InChI is InChI=1S/C15H23BrN5O3S/c1-18(2)25(23,24)21(13-6-4-3-5-7-13)11-10-20(14(21)16)15(22)19-9-8-17-12-19/h8-14H,3-7H2,1-2H3/q+1. The van der Waals surface area contributed by atoms with Crippen molar-refractivity contribution >= 4 is 32.2 Å². The lowest BCUT2D eigenvalue weighted by Crippen LogP contribution is -2.64. The number of hydrogen-bond donors (Lipinski definition) is 0. The molecule has 2 unspecified atom stereocenters. The maximum absolute atomic E-state index is 13.3. The van der Waals surface area contributed by atoms with E-state index in [0.29, 0.717) is 0 Å². The van der Waals surface area contributed by atoms with Crippen molar-refractivity contribution in [3.8, 4) is 0 Å². The number of hydrogen-bond acceptors (Lipinski definition) is 4. The second-order valence-corrected chi connectivity index (χ2v) is 9.66. The maximum atomic E-state index is 13.3. The van der Waals surface area contributed by atoms with Crippen LogP contribution in [0.2, 0.25) is 0 Å². The van der Waals surface area contributed by atoms with E-state index in [1.54, 1.807) is 18.6 Å². The van der Waals surface area contributed by atoms with Crippen LogP contribution in [0.5, 0.6) is 0 Å². The van der Waals surface area contributed by atoms with Gasteiger partial charge in [-0.1, -0.05) is 6.42 Å².